The zero-order valence-electron chi connectivity index (χ0n) is 19.3. The second kappa shape index (κ2) is 8.29. The van der Waals surface area contributed by atoms with E-state index in [9.17, 15) is 18.4 Å². The van der Waals surface area contributed by atoms with Gasteiger partial charge in [0.1, 0.15) is 11.7 Å². The van der Waals surface area contributed by atoms with Gasteiger partial charge in [0.2, 0.25) is 0 Å². The third-order valence-electron chi connectivity index (χ3n) is 6.57. The highest BCUT2D eigenvalue weighted by Gasteiger charge is 2.46. The Morgan fingerprint density at radius 2 is 1.91 bits per heavy atom. The summed E-state index contributed by atoms with van der Waals surface area (Å²) < 4.78 is 43.9. The van der Waals surface area contributed by atoms with E-state index in [0.717, 1.165) is 10.9 Å². The van der Waals surface area contributed by atoms with Gasteiger partial charge in [0.25, 0.3) is 0 Å². The van der Waals surface area contributed by atoms with Crippen molar-refractivity contribution in [3.05, 3.63) is 59.8 Å². The van der Waals surface area contributed by atoms with Crippen molar-refractivity contribution in [2.75, 3.05) is 13.1 Å². The van der Waals surface area contributed by atoms with Gasteiger partial charge in [-0.05, 0) is 43.5 Å². The van der Waals surface area contributed by atoms with E-state index in [0.29, 0.717) is 29.1 Å². The third kappa shape index (κ3) is 4.11. The zero-order chi connectivity index (χ0) is 25.0. The molecule has 2 N–H and O–H groups in total. The first-order valence-corrected chi connectivity index (χ1v) is 11.3. The number of fused-ring (bicyclic) bond motifs is 2. The van der Waals surface area contributed by atoms with Crippen LogP contribution in [-0.2, 0) is 5.41 Å². The summed E-state index contributed by atoms with van der Waals surface area (Å²) in [6, 6.07) is 12.5. The standard InChI is InChI=1S/C25H24F3N7/c1-24(2,14-29)18-5-3-4-15-6-8-19(31-21(15)18)23-33-32-20-9-7-16(12-35(20)23)22(25(26,27)28)34-11-10-17(30)13-34/h3-9,12,17,22H,10-11,13,30H2,1-2H3/t17-,22+/m0/s1. The van der Waals surface area contributed by atoms with Gasteiger partial charge in [-0.25, -0.2) is 4.98 Å². The number of halogens is 3. The number of alkyl halides is 3. The van der Waals surface area contributed by atoms with E-state index >= 15 is 0 Å². The molecule has 0 spiro atoms. The number of nitrogens with two attached hydrogens (primary N) is 1. The molecule has 0 unspecified atom stereocenters. The Kier molecular flexibility index (Phi) is 5.49. The number of benzene rings is 1. The van der Waals surface area contributed by atoms with Gasteiger partial charge >= 0.3 is 6.18 Å². The number of nitrogens with zero attached hydrogens (tertiary/aromatic N) is 6. The molecule has 1 saturated heterocycles. The molecule has 1 aliphatic rings. The van der Waals surface area contributed by atoms with E-state index in [1.807, 2.05) is 38.1 Å². The maximum atomic E-state index is 14.1. The van der Waals surface area contributed by atoms with Gasteiger partial charge in [0, 0.05) is 30.7 Å². The van der Waals surface area contributed by atoms with Crippen LogP contribution in [0.25, 0.3) is 28.1 Å². The Morgan fingerprint density at radius 3 is 2.60 bits per heavy atom. The molecule has 35 heavy (non-hydrogen) atoms. The molecule has 10 heteroatoms. The molecule has 0 bridgehead atoms. The molecule has 180 valence electrons. The summed E-state index contributed by atoms with van der Waals surface area (Å²) in [4.78, 5) is 6.14. The molecule has 2 atom stereocenters. The molecule has 3 aromatic heterocycles. The summed E-state index contributed by atoms with van der Waals surface area (Å²) in [5.41, 5.74) is 7.48. The van der Waals surface area contributed by atoms with Gasteiger partial charge in [0.15, 0.2) is 11.5 Å². The molecule has 0 radical (unpaired) electrons. The molecule has 4 heterocycles. The summed E-state index contributed by atoms with van der Waals surface area (Å²) in [6.07, 6.45) is -2.51. The average molecular weight is 480 g/mol. The van der Waals surface area contributed by atoms with Crippen molar-refractivity contribution < 1.29 is 13.2 Å². The molecule has 4 aromatic rings. The van der Waals surface area contributed by atoms with Gasteiger partial charge in [-0.2, -0.15) is 18.4 Å². The molecular formula is C25H24F3N7. The van der Waals surface area contributed by atoms with Crippen LogP contribution in [0.2, 0.25) is 0 Å². The molecule has 1 aliphatic heterocycles. The minimum Gasteiger partial charge on any atom is -0.326 e. The van der Waals surface area contributed by atoms with Gasteiger partial charge in [0.05, 0.1) is 17.0 Å². The van der Waals surface area contributed by atoms with E-state index in [2.05, 4.69) is 16.3 Å². The summed E-state index contributed by atoms with van der Waals surface area (Å²) >= 11 is 0. The summed E-state index contributed by atoms with van der Waals surface area (Å²) in [7, 11) is 0. The van der Waals surface area contributed by atoms with Crippen LogP contribution >= 0.6 is 0 Å². The summed E-state index contributed by atoms with van der Waals surface area (Å²) in [6.45, 7) is 4.09. The maximum Gasteiger partial charge on any atom is 0.408 e. The predicted molar refractivity (Wildman–Crippen MR) is 125 cm³/mol. The fraction of sp³-hybridized carbons (Fsp3) is 0.360. The number of pyridine rings is 2. The summed E-state index contributed by atoms with van der Waals surface area (Å²) in [5, 5.41) is 18.9. The highest BCUT2D eigenvalue weighted by atomic mass is 19.4. The van der Waals surface area contributed by atoms with Crippen LogP contribution in [0.1, 0.15) is 37.4 Å². The SMILES string of the molecule is CC(C)(C#N)c1cccc2ccc(-c3nnc4ccc([C@@H](N5CC[C@H](N)C5)C(F)(F)F)cn34)nc12. The van der Waals surface area contributed by atoms with E-state index in [4.69, 9.17) is 10.7 Å². The van der Waals surface area contributed by atoms with Crippen molar-refractivity contribution in [2.24, 2.45) is 5.73 Å². The minimum atomic E-state index is -4.47. The van der Waals surface area contributed by atoms with E-state index in [1.165, 1.54) is 27.6 Å². The van der Waals surface area contributed by atoms with Crippen molar-refractivity contribution in [1.82, 2.24) is 24.5 Å². The number of nitriles is 1. The number of para-hydroxylation sites is 1. The molecule has 0 amide bonds. The lowest BCUT2D eigenvalue weighted by atomic mass is 9.85. The van der Waals surface area contributed by atoms with Gasteiger partial charge < -0.3 is 5.73 Å². The monoisotopic (exact) mass is 479 g/mol. The fourth-order valence-corrected chi connectivity index (χ4v) is 4.74. The quantitative estimate of drug-likeness (QED) is 0.467. The number of hydrogen-bond acceptors (Lipinski definition) is 6. The summed E-state index contributed by atoms with van der Waals surface area (Å²) in [5.74, 6) is 0.326. The largest absolute Gasteiger partial charge is 0.408 e. The Bertz CT molecular complexity index is 1450. The lowest BCUT2D eigenvalue weighted by molar-refractivity contribution is -0.183. The van der Waals surface area contributed by atoms with Crippen molar-refractivity contribution in [3.63, 3.8) is 0 Å². The van der Waals surface area contributed by atoms with Crippen LogP contribution in [-0.4, -0.2) is 49.8 Å². The predicted octanol–water partition coefficient (Wildman–Crippen LogP) is 4.38. The number of hydrogen-bond donors (Lipinski definition) is 1. The molecule has 1 aromatic carbocycles. The molecule has 7 nitrogen and oxygen atoms in total. The first-order valence-electron chi connectivity index (χ1n) is 11.3. The van der Waals surface area contributed by atoms with E-state index < -0.39 is 17.6 Å². The normalized spacial score (nSPS) is 18.3. The molecule has 5 rings (SSSR count). The number of likely N-dealkylation sites (tertiary alicyclic amines) is 1. The maximum absolute atomic E-state index is 14.1. The highest BCUT2D eigenvalue weighted by Crippen LogP contribution is 2.39. The molecule has 1 fully saturated rings. The third-order valence-corrected chi connectivity index (χ3v) is 6.57. The van der Waals surface area contributed by atoms with Crippen LogP contribution in [0, 0.1) is 11.3 Å². The first-order chi connectivity index (χ1) is 16.6. The van der Waals surface area contributed by atoms with Crippen LogP contribution in [0.15, 0.2) is 48.7 Å². The van der Waals surface area contributed by atoms with Crippen LogP contribution in [0.3, 0.4) is 0 Å². The number of rotatable bonds is 4. The molecular weight excluding hydrogens is 455 g/mol. The van der Waals surface area contributed by atoms with Crippen molar-refractivity contribution in [3.8, 4) is 17.6 Å². The Morgan fingerprint density at radius 1 is 1.11 bits per heavy atom. The second-order valence-corrected chi connectivity index (χ2v) is 9.51. The zero-order valence-corrected chi connectivity index (χ0v) is 19.3. The topological polar surface area (TPSA) is 96.1 Å². The van der Waals surface area contributed by atoms with Crippen LogP contribution in [0.5, 0.6) is 0 Å². The highest BCUT2D eigenvalue weighted by molar-refractivity contribution is 5.85. The first kappa shape index (κ1) is 23.2. The Balaban J connectivity index is 1.64. The van der Waals surface area contributed by atoms with Crippen molar-refractivity contribution in [2.45, 2.75) is 43.9 Å². The second-order valence-electron chi connectivity index (χ2n) is 9.51. The number of aromatic nitrogens is 4. The van der Waals surface area contributed by atoms with Crippen LogP contribution in [0.4, 0.5) is 13.2 Å². The van der Waals surface area contributed by atoms with Gasteiger partial charge in [-0.1, -0.05) is 30.3 Å². The van der Waals surface area contributed by atoms with E-state index in [1.54, 1.807) is 6.07 Å². The average Bonchev–Trinajstić information content (AvgIpc) is 3.43. The van der Waals surface area contributed by atoms with E-state index in [-0.39, 0.29) is 24.7 Å². The lowest BCUT2D eigenvalue weighted by Gasteiger charge is -2.30. The fourth-order valence-electron chi connectivity index (χ4n) is 4.74. The van der Waals surface area contributed by atoms with Gasteiger partial charge in [-0.15, -0.1) is 10.2 Å². The van der Waals surface area contributed by atoms with Crippen molar-refractivity contribution >= 4 is 16.6 Å². The molecule has 0 aliphatic carbocycles. The lowest BCUT2D eigenvalue weighted by Crippen LogP contribution is -2.38. The Labute approximate surface area is 200 Å². The van der Waals surface area contributed by atoms with Gasteiger partial charge in [-0.3, -0.25) is 9.30 Å². The molecule has 0 saturated carbocycles. The van der Waals surface area contributed by atoms with Crippen molar-refractivity contribution in [1.29, 1.82) is 5.26 Å². The smallest absolute Gasteiger partial charge is 0.326 e. The van der Waals surface area contributed by atoms with Crippen LogP contribution < -0.4 is 5.73 Å². The Hall–Kier alpha value is -3.55. The minimum absolute atomic E-state index is 0.0900.